The van der Waals surface area contributed by atoms with E-state index in [0.29, 0.717) is 26.2 Å². The molecule has 0 spiro atoms. The van der Waals surface area contributed by atoms with E-state index in [2.05, 4.69) is 0 Å². The van der Waals surface area contributed by atoms with Crippen molar-refractivity contribution in [2.75, 3.05) is 12.0 Å². The molecule has 1 N–H and O–H groups in total. The first kappa shape index (κ1) is 18.1. The van der Waals surface area contributed by atoms with Crippen molar-refractivity contribution in [3.63, 3.8) is 0 Å². The number of thioether (sulfide) groups is 1. The first-order valence-corrected chi connectivity index (χ1v) is 8.99. The number of aromatic hydroxyl groups is 1. The van der Waals surface area contributed by atoms with E-state index >= 15 is 0 Å². The number of carbonyl (C=O) groups excluding carboxylic acids is 1. The molecule has 1 heterocycles. The van der Waals surface area contributed by atoms with Crippen LogP contribution in [0.5, 0.6) is 11.5 Å². The van der Waals surface area contributed by atoms with Crippen LogP contribution in [0.1, 0.15) is 5.56 Å². The molecular formula is C17H11Cl2NO3S2. The zero-order chi connectivity index (χ0) is 18.1. The van der Waals surface area contributed by atoms with Gasteiger partial charge in [0.05, 0.1) is 27.7 Å². The van der Waals surface area contributed by atoms with Crippen molar-refractivity contribution >= 4 is 69.2 Å². The Morgan fingerprint density at radius 1 is 1.20 bits per heavy atom. The average Bonchev–Trinajstić information content (AvgIpc) is 2.86. The minimum absolute atomic E-state index is 0.115. The normalized spacial score (nSPS) is 16.0. The van der Waals surface area contributed by atoms with Gasteiger partial charge in [0.2, 0.25) is 0 Å². The van der Waals surface area contributed by atoms with E-state index in [1.165, 1.54) is 28.8 Å². The molecule has 1 saturated heterocycles. The highest BCUT2D eigenvalue weighted by Gasteiger charge is 2.33. The van der Waals surface area contributed by atoms with Crippen LogP contribution in [0.4, 0.5) is 5.69 Å². The summed E-state index contributed by atoms with van der Waals surface area (Å²) in [4.78, 5) is 14.6. The highest BCUT2D eigenvalue weighted by Crippen LogP contribution is 2.38. The maximum absolute atomic E-state index is 12.7. The second-order valence-electron chi connectivity index (χ2n) is 5.05. The third kappa shape index (κ3) is 3.62. The Morgan fingerprint density at radius 3 is 2.36 bits per heavy atom. The summed E-state index contributed by atoms with van der Waals surface area (Å²) in [6.07, 6.45) is 1.64. The number of benzene rings is 2. The molecule has 2 aromatic rings. The standard InChI is InChI=1S/C17H11Cl2NO3S2/c1-23-11-4-2-10(3-5-11)20-16(22)14(25-17(20)24)8-9-6-12(18)15(21)13(19)7-9/h2-8,21H,1H3/b14-8+. The lowest BCUT2D eigenvalue weighted by molar-refractivity contribution is -0.113. The van der Waals surface area contributed by atoms with Gasteiger partial charge in [-0.2, -0.15) is 0 Å². The molecule has 25 heavy (non-hydrogen) atoms. The molecule has 1 aliphatic heterocycles. The van der Waals surface area contributed by atoms with Crippen LogP contribution >= 0.6 is 47.2 Å². The number of hydrogen-bond acceptors (Lipinski definition) is 5. The van der Waals surface area contributed by atoms with Gasteiger partial charge in [-0.3, -0.25) is 9.69 Å². The zero-order valence-electron chi connectivity index (χ0n) is 12.8. The van der Waals surface area contributed by atoms with Crippen molar-refractivity contribution in [3.05, 3.63) is 56.9 Å². The Morgan fingerprint density at radius 2 is 1.80 bits per heavy atom. The number of ether oxygens (including phenoxy) is 1. The number of rotatable bonds is 3. The largest absolute Gasteiger partial charge is 0.505 e. The third-order valence-corrected chi connectivity index (χ3v) is 5.34. The predicted octanol–water partition coefficient (Wildman–Crippen LogP) is 5.11. The summed E-state index contributed by atoms with van der Waals surface area (Å²) in [5.41, 5.74) is 1.26. The van der Waals surface area contributed by atoms with Crippen molar-refractivity contribution in [1.82, 2.24) is 0 Å². The molecule has 4 nitrogen and oxygen atoms in total. The Hall–Kier alpha value is -1.73. The Bertz CT molecular complexity index is 874. The topological polar surface area (TPSA) is 49.8 Å². The molecule has 2 aromatic carbocycles. The Kier molecular flexibility index (Phi) is 5.24. The number of thiocarbonyl (C=S) groups is 1. The molecule has 3 rings (SSSR count). The molecule has 0 unspecified atom stereocenters. The van der Waals surface area contributed by atoms with Crippen LogP contribution in [0.25, 0.3) is 6.08 Å². The van der Waals surface area contributed by atoms with Crippen LogP contribution in [0.3, 0.4) is 0 Å². The first-order valence-electron chi connectivity index (χ1n) is 7.00. The van der Waals surface area contributed by atoms with Crippen molar-refractivity contribution < 1.29 is 14.6 Å². The van der Waals surface area contributed by atoms with E-state index in [1.807, 2.05) is 0 Å². The molecule has 1 amide bonds. The summed E-state index contributed by atoms with van der Waals surface area (Å²) in [5, 5.41) is 9.85. The van der Waals surface area contributed by atoms with Crippen LogP contribution in [-0.4, -0.2) is 22.4 Å². The molecule has 0 radical (unpaired) electrons. The van der Waals surface area contributed by atoms with E-state index < -0.39 is 0 Å². The number of amides is 1. The lowest BCUT2D eigenvalue weighted by atomic mass is 10.2. The van der Waals surface area contributed by atoms with Gasteiger partial charge >= 0.3 is 0 Å². The van der Waals surface area contributed by atoms with Gasteiger partial charge in [-0.1, -0.05) is 47.2 Å². The fourth-order valence-corrected chi connectivity index (χ4v) is 4.04. The zero-order valence-corrected chi connectivity index (χ0v) is 16.0. The van der Waals surface area contributed by atoms with Gasteiger partial charge in [0.1, 0.15) is 5.75 Å². The third-order valence-electron chi connectivity index (χ3n) is 3.46. The van der Waals surface area contributed by atoms with Crippen LogP contribution in [0, 0.1) is 0 Å². The number of halogens is 2. The molecular weight excluding hydrogens is 401 g/mol. The lowest BCUT2D eigenvalue weighted by Gasteiger charge is -2.14. The van der Waals surface area contributed by atoms with E-state index in [-0.39, 0.29) is 21.7 Å². The SMILES string of the molecule is COc1ccc(N2C(=O)/C(=C\c3cc(Cl)c(O)c(Cl)c3)SC2=S)cc1. The van der Waals surface area contributed by atoms with Crippen molar-refractivity contribution in [1.29, 1.82) is 0 Å². The summed E-state index contributed by atoms with van der Waals surface area (Å²) in [6, 6.07) is 10.1. The number of phenols is 1. The van der Waals surface area contributed by atoms with Crippen LogP contribution < -0.4 is 9.64 Å². The Labute approximate surface area is 164 Å². The predicted molar refractivity (Wildman–Crippen MR) is 107 cm³/mol. The number of nitrogens with zero attached hydrogens (tertiary/aromatic N) is 1. The summed E-state index contributed by atoms with van der Waals surface area (Å²) in [6.45, 7) is 0. The molecule has 0 saturated carbocycles. The summed E-state index contributed by atoms with van der Waals surface area (Å²) in [7, 11) is 1.57. The smallest absolute Gasteiger partial charge is 0.270 e. The van der Waals surface area contributed by atoms with Crippen LogP contribution in [0.15, 0.2) is 41.3 Å². The van der Waals surface area contributed by atoms with Crippen molar-refractivity contribution in [2.45, 2.75) is 0 Å². The van der Waals surface area contributed by atoms with Crippen molar-refractivity contribution in [3.8, 4) is 11.5 Å². The fourth-order valence-electron chi connectivity index (χ4n) is 2.24. The summed E-state index contributed by atoms with van der Waals surface area (Å²) in [5.74, 6) is 0.268. The average molecular weight is 412 g/mol. The monoisotopic (exact) mass is 411 g/mol. The molecule has 8 heteroatoms. The van der Waals surface area contributed by atoms with Gasteiger partial charge in [-0.05, 0) is 48.0 Å². The number of anilines is 1. The summed E-state index contributed by atoms with van der Waals surface area (Å²) >= 11 is 18.4. The number of methoxy groups -OCH3 is 1. The Balaban J connectivity index is 1.92. The van der Waals surface area contributed by atoms with E-state index in [4.69, 9.17) is 40.2 Å². The maximum atomic E-state index is 12.7. The molecule has 0 aliphatic carbocycles. The molecule has 0 atom stereocenters. The molecule has 1 fully saturated rings. The minimum atomic E-state index is -0.236. The van der Waals surface area contributed by atoms with E-state index in [1.54, 1.807) is 37.5 Å². The van der Waals surface area contributed by atoms with Gasteiger partial charge in [-0.25, -0.2) is 0 Å². The van der Waals surface area contributed by atoms with Gasteiger partial charge in [0.25, 0.3) is 5.91 Å². The van der Waals surface area contributed by atoms with Crippen LogP contribution in [-0.2, 0) is 4.79 Å². The van der Waals surface area contributed by atoms with E-state index in [9.17, 15) is 9.90 Å². The highest BCUT2D eigenvalue weighted by atomic mass is 35.5. The fraction of sp³-hybridized carbons (Fsp3) is 0.0588. The minimum Gasteiger partial charge on any atom is -0.505 e. The van der Waals surface area contributed by atoms with E-state index in [0.717, 1.165) is 0 Å². The van der Waals surface area contributed by atoms with Gasteiger partial charge in [-0.15, -0.1) is 0 Å². The molecule has 0 bridgehead atoms. The number of carbonyl (C=O) groups is 1. The number of hydrogen-bond donors (Lipinski definition) is 1. The van der Waals surface area contributed by atoms with Gasteiger partial charge in [0, 0.05) is 0 Å². The lowest BCUT2D eigenvalue weighted by Crippen LogP contribution is -2.27. The molecule has 1 aliphatic rings. The van der Waals surface area contributed by atoms with Gasteiger partial charge < -0.3 is 9.84 Å². The summed E-state index contributed by atoms with van der Waals surface area (Å²) < 4.78 is 5.55. The van der Waals surface area contributed by atoms with Crippen LogP contribution in [0.2, 0.25) is 10.0 Å². The van der Waals surface area contributed by atoms with Gasteiger partial charge in [0.15, 0.2) is 10.1 Å². The highest BCUT2D eigenvalue weighted by molar-refractivity contribution is 8.27. The second kappa shape index (κ2) is 7.25. The second-order valence-corrected chi connectivity index (χ2v) is 7.54. The van der Waals surface area contributed by atoms with Crippen molar-refractivity contribution in [2.24, 2.45) is 0 Å². The quantitative estimate of drug-likeness (QED) is 0.561. The molecule has 128 valence electrons. The first-order chi connectivity index (χ1) is 11.9. The maximum Gasteiger partial charge on any atom is 0.270 e. The number of phenolic OH excluding ortho intramolecular Hbond substituents is 1. The molecule has 0 aromatic heterocycles.